The van der Waals surface area contributed by atoms with Gasteiger partial charge in [-0.25, -0.2) is 4.98 Å². The quantitative estimate of drug-likeness (QED) is 0.526. The van der Waals surface area contributed by atoms with Crippen molar-refractivity contribution in [3.63, 3.8) is 0 Å². The molecule has 3 aromatic rings. The number of hydrogen-bond donors (Lipinski definition) is 0. The van der Waals surface area contributed by atoms with Crippen molar-refractivity contribution in [3.05, 3.63) is 82.7 Å². The molecule has 0 aliphatic carbocycles. The molecule has 126 valence electrons. The van der Waals surface area contributed by atoms with Crippen LogP contribution in [0.15, 0.2) is 61.4 Å². The Morgan fingerprint density at radius 1 is 1.28 bits per heavy atom. The molecule has 1 amide bonds. The lowest BCUT2D eigenvalue weighted by molar-refractivity contribution is -0.384. The van der Waals surface area contributed by atoms with E-state index < -0.39 is 4.92 Å². The molecule has 8 nitrogen and oxygen atoms in total. The molecule has 2 aromatic heterocycles. The Labute approximate surface area is 143 Å². The molecule has 0 unspecified atom stereocenters. The molecule has 0 N–H and O–H groups in total. The Balaban J connectivity index is 1.88. The fourth-order valence-electron chi connectivity index (χ4n) is 2.48. The van der Waals surface area contributed by atoms with E-state index in [9.17, 15) is 14.9 Å². The molecule has 0 fully saturated rings. The van der Waals surface area contributed by atoms with Crippen molar-refractivity contribution in [2.24, 2.45) is 0 Å². The fourth-order valence-corrected chi connectivity index (χ4v) is 2.48. The van der Waals surface area contributed by atoms with Crippen LogP contribution in [0.2, 0.25) is 0 Å². The molecule has 0 atom stereocenters. The first-order valence-electron chi connectivity index (χ1n) is 7.47. The van der Waals surface area contributed by atoms with Crippen molar-refractivity contribution in [1.29, 1.82) is 0 Å². The van der Waals surface area contributed by atoms with Gasteiger partial charge in [0.05, 0.1) is 11.3 Å². The second-order valence-electron chi connectivity index (χ2n) is 5.45. The Morgan fingerprint density at radius 2 is 2.12 bits per heavy atom. The number of carbonyl (C=O) groups excluding carboxylic acids is 1. The summed E-state index contributed by atoms with van der Waals surface area (Å²) in [6.07, 6.45) is 7.94. The van der Waals surface area contributed by atoms with E-state index in [-0.39, 0.29) is 17.2 Å². The third kappa shape index (κ3) is 3.52. The molecular formula is C17H15N5O3. The van der Waals surface area contributed by atoms with Gasteiger partial charge in [-0.05, 0) is 23.8 Å². The number of pyridine rings is 1. The first kappa shape index (κ1) is 16.3. The van der Waals surface area contributed by atoms with Crippen LogP contribution in [0.4, 0.5) is 5.69 Å². The van der Waals surface area contributed by atoms with Crippen LogP contribution < -0.4 is 0 Å². The molecule has 2 heterocycles. The lowest BCUT2D eigenvalue weighted by Gasteiger charge is -2.17. The summed E-state index contributed by atoms with van der Waals surface area (Å²) < 4.78 is 1.53. The average Bonchev–Trinajstić information content (AvgIpc) is 3.16. The maximum absolute atomic E-state index is 12.6. The number of nitro groups is 1. The van der Waals surface area contributed by atoms with Crippen molar-refractivity contribution >= 4 is 11.6 Å². The summed E-state index contributed by atoms with van der Waals surface area (Å²) in [6, 6.07) is 8.06. The van der Waals surface area contributed by atoms with E-state index in [4.69, 9.17) is 0 Å². The number of aromatic nitrogens is 3. The fraction of sp³-hybridized carbons (Fsp3) is 0.118. The van der Waals surface area contributed by atoms with Gasteiger partial charge in [0.25, 0.3) is 11.6 Å². The van der Waals surface area contributed by atoms with Gasteiger partial charge in [-0.15, -0.1) is 0 Å². The van der Waals surface area contributed by atoms with Crippen molar-refractivity contribution in [2.45, 2.75) is 6.54 Å². The molecule has 25 heavy (non-hydrogen) atoms. The van der Waals surface area contributed by atoms with Gasteiger partial charge in [-0.2, -0.15) is 0 Å². The van der Waals surface area contributed by atoms with Crippen LogP contribution in [0.3, 0.4) is 0 Å². The summed E-state index contributed by atoms with van der Waals surface area (Å²) in [5.41, 5.74) is 1.33. The number of imidazole rings is 1. The summed E-state index contributed by atoms with van der Waals surface area (Å²) in [4.78, 5) is 32.9. The van der Waals surface area contributed by atoms with E-state index in [1.807, 2.05) is 6.07 Å². The molecule has 0 aliphatic rings. The maximum Gasteiger partial charge on any atom is 0.294 e. The highest BCUT2D eigenvalue weighted by Gasteiger charge is 2.20. The monoisotopic (exact) mass is 337 g/mol. The minimum Gasteiger partial charge on any atom is -0.337 e. The maximum atomic E-state index is 12.6. The average molecular weight is 337 g/mol. The number of nitro benzene ring substituents is 1. The Hall–Kier alpha value is -3.55. The normalized spacial score (nSPS) is 10.4. The zero-order chi connectivity index (χ0) is 17.8. The van der Waals surface area contributed by atoms with Gasteiger partial charge in [0, 0.05) is 50.0 Å². The molecule has 0 saturated carbocycles. The standard InChI is InChI=1S/C17H15N5O3/c1-20(11-13-3-2-6-18-10-13)17(23)14-4-5-15(16(9-14)22(24)25)21-8-7-19-12-21/h2-10,12H,11H2,1H3. The number of carbonyl (C=O) groups is 1. The van der Waals surface area contributed by atoms with Crippen LogP contribution in [0.25, 0.3) is 5.69 Å². The predicted octanol–water partition coefficient (Wildman–Crippen LogP) is 2.45. The molecule has 0 saturated heterocycles. The van der Waals surface area contributed by atoms with Crippen molar-refractivity contribution in [3.8, 4) is 5.69 Å². The zero-order valence-corrected chi connectivity index (χ0v) is 13.4. The van der Waals surface area contributed by atoms with Crippen molar-refractivity contribution in [2.75, 3.05) is 7.05 Å². The van der Waals surface area contributed by atoms with Gasteiger partial charge < -0.3 is 9.47 Å². The summed E-state index contributed by atoms with van der Waals surface area (Å²) >= 11 is 0. The Bertz CT molecular complexity index is 894. The minimum atomic E-state index is -0.507. The smallest absolute Gasteiger partial charge is 0.294 e. The summed E-state index contributed by atoms with van der Waals surface area (Å²) in [6.45, 7) is 0.365. The van der Waals surface area contributed by atoms with Gasteiger partial charge in [-0.1, -0.05) is 6.07 Å². The van der Waals surface area contributed by atoms with Crippen LogP contribution >= 0.6 is 0 Å². The third-order valence-electron chi connectivity index (χ3n) is 3.69. The number of amides is 1. The molecule has 0 aliphatic heterocycles. The molecule has 0 spiro atoms. The van der Waals surface area contributed by atoms with Gasteiger partial charge in [-0.3, -0.25) is 19.9 Å². The lowest BCUT2D eigenvalue weighted by Crippen LogP contribution is -2.26. The minimum absolute atomic E-state index is 0.154. The largest absolute Gasteiger partial charge is 0.337 e. The van der Waals surface area contributed by atoms with Gasteiger partial charge >= 0.3 is 0 Å². The second kappa shape index (κ2) is 6.91. The lowest BCUT2D eigenvalue weighted by atomic mass is 10.1. The van der Waals surface area contributed by atoms with Crippen LogP contribution in [0, 0.1) is 10.1 Å². The molecule has 8 heteroatoms. The van der Waals surface area contributed by atoms with Gasteiger partial charge in [0.15, 0.2) is 0 Å². The summed E-state index contributed by atoms with van der Waals surface area (Å²) in [7, 11) is 1.64. The molecular weight excluding hydrogens is 322 g/mol. The van der Waals surface area contributed by atoms with Crippen LogP contribution in [-0.4, -0.2) is 37.3 Å². The summed E-state index contributed by atoms with van der Waals surface area (Å²) in [5, 5.41) is 11.4. The van der Waals surface area contributed by atoms with E-state index in [1.54, 1.807) is 43.8 Å². The number of hydrogen-bond acceptors (Lipinski definition) is 5. The first-order chi connectivity index (χ1) is 12.1. The molecule has 1 aromatic carbocycles. The summed E-state index contributed by atoms with van der Waals surface area (Å²) in [5.74, 6) is -0.302. The second-order valence-corrected chi connectivity index (χ2v) is 5.45. The van der Waals surface area contributed by atoms with Crippen LogP contribution in [0.5, 0.6) is 0 Å². The topological polar surface area (TPSA) is 94.2 Å². The number of rotatable bonds is 5. The predicted molar refractivity (Wildman–Crippen MR) is 90.3 cm³/mol. The molecule has 0 radical (unpaired) electrons. The Kier molecular flexibility index (Phi) is 4.51. The highest BCUT2D eigenvalue weighted by Crippen LogP contribution is 2.25. The molecule has 0 bridgehead atoms. The Morgan fingerprint density at radius 3 is 2.76 bits per heavy atom. The van der Waals surface area contributed by atoms with Crippen LogP contribution in [-0.2, 0) is 6.54 Å². The first-order valence-corrected chi connectivity index (χ1v) is 7.47. The number of nitrogens with zero attached hydrogens (tertiary/aromatic N) is 5. The van der Waals surface area contributed by atoms with Crippen LogP contribution in [0.1, 0.15) is 15.9 Å². The van der Waals surface area contributed by atoms with E-state index in [0.717, 1.165) is 5.56 Å². The molecule has 3 rings (SSSR count). The van der Waals surface area contributed by atoms with Gasteiger partial charge in [0.2, 0.25) is 0 Å². The van der Waals surface area contributed by atoms with E-state index in [2.05, 4.69) is 9.97 Å². The zero-order valence-electron chi connectivity index (χ0n) is 13.4. The third-order valence-corrected chi connectivity index (χ3v) is 3.69. The SMILES string of the molecule is CN(Cc1cccnc1)C(=O)c1ccc(-n2ccnc2)c([N+](=O)[O-])c1. The van der Waals surface area contributed by atoms with Gasteiger partial charge in [0.1, 0.15) is 5.69 Å². The van der Waals surface area contributed by atoms with E-state index in [0.29, 0.717) is 12.2 Å². The highest BCUT2D eigenvalue weighted by atomic mass is 16.6. The van der Waals surface area contributed by atoms with E-state index >= 15 is 0 Å². The highest BCUT2D eigenvalue weighted by molar-refractivity contribution is 5.95. The van der Waals surface area contributed by atoms with Crippen molar-refractivity contribution < 1.29 is 9.72 Å². The number of benzene rings is 1. The van der Waals surface area contributed by atoms with E-state index in [1.165, 1.54) is 28.1 Å². The van der Waals surface area contributed by atoms with Crippen molar-refractivity contribution in [1.82, 2.24) is 19.4 Å².